The van der Waals surface area contributed by atoms with Gasteiger partial charge in [-0.1, -0.05) is 402 Å². The van der Waals surface area contributed by atoms with Crippen molar-refractivity contribution in [2.75, 3.05) is 39.6 Å². The lowest BCUT2D eigenvalue weighted by Gasteiger charge is -2.21. The third-order valence-electron chi connectivity index (χ3n) is 20.3. The number of ether oxygens (including phenoxy) is 4. The molecule has 0 fully saturated rings. The van der Waals surface area contributed by atoms with Crippen molar-refractivity contribution in [3.8, 4) is 0 Å². The molecule has 3 N–H and O–H groups in total. The van der Waals surface area contributed by atoms with Gasteiger partial charge in [-0.3, -0.25) is 37.3 Å². The van der Waals surface area contributed by atoms with Crippen molar-refractivity contribution in [2.45, 2.75) is 472 Å². The van der Waals surface area contributed by atoms with E-state index in [4.69, 9.17) is 37.0 Å². The fourth-order valence-corrected chi connectivity index (χ4v) is 15.1. The minimum absolute atomic E-state index is 0.107. The standard InChI is InChI=1S/C87H170O17P2/c1-77(2)63-55-47-39-32-26-20-14-11-9-10-12-16-24-30-36-44-53-61-69-86(91)103-82(73-97-84(89)67-59-51-43-35-29-23-19-18-22-28-34-41-49-57-65-79(5)6)75-101-105(93,94)99-71-81(88)72-100-106(95,96)102-76-83(74-98-85(90)68-60-52-46-38-42-50-58-66-80(7)8)104-87(92)70-62-54-45-37-31-25-17-13-15-21-27-33-40-48-56-64-78(3)4/h77-83,88H,9-76H2,1-8H3,(H,93,94)(H,95,96)/t81?,82-,83-/m1/s1. The molecule has 5 atom stereocenters. The highest BCUT2D eigenvalue weighted by molar-refractivity contribution is 7.47. The molecule has 0 saturated carbocycles. The van der Waals surface area contributed by atoms with E-state index in [2.05, 4.69) is 55.4 Å². The third-order valence-corrected chi connectivity index (χ3v) is 22.2. The fourth-order valence-electron chi connectivity index (χ4n) is 13.5. The van der Waals surface area contributed by atoms with Crippen LogP contribution >= 0.6 is 15.6 Å². The summed E-state index contributed by atoms with van der Waals surface area (Å²) in [6, 6.07) is 0. The number of phosphoric ester groups is 2. The summed E-state index contributed by atoms with van der Waals surface area (Å²) in [5.41, 5.74) is 0. The normalized spacial score (nSPS) is 13.9. The zero-order valence-electron chi connectivity index (χ0n) is 70.1. The Kier molecular flexibility index (Phi) is 74.3. The molecule has 3 unspecified atom stereocenters. The Morgan fingerprint density at radius 2 is 0.396 bits per heavy atom. The number of esters is 4. The van der Waals surface area contributed by atoms with Gasteiger partial charge in [-0.25, -0.2) is 9.13 Å². The molecule has 0 aromatic rings. The van der Waals surface area contributed by atoms with Crippen molar-refractivity contribution in [1.29, 1.82) is 0 Å². The van der Waals surface area contributed by atoms with Gasteiger partial charge in [0, 0.05) is 25.7 Å². The molecule has 0 rings (SSSR count). The van der Waals surface area contributed by atoms with Crippen molar-refractivity contribution in [3.05, 3.63) is 0 Å². The van der Waals surface area contributed by atoms with Crippen molar-refractivity contribution in [3.63, 3.8) is 0 Å². The maximum absolute atomic E-state index is 13.2. The Hall–Kier alpha value is -1.94. The largest absolute Gasteiger partial charge is 0.472 e. The van der Waals surface area contributed by atoms with E-state index in [-0.39, 0.29) is 25.7 Å². The molecule has 0 bridgehead atoms. The Morgan fingerprint density at radius 3 is 0.585 bits per heavy atom. The van der Waals surface area contributed by atoms with Gasteiger partial charge >= 0.3 is 39.5 Å². The predicted molar refractivity (Wildman–Crippen MR) is 437 cm³/mol. The zero-order chi connectivity index (χ0) is 78.1. The van der Waals surface area contributed by atoms with Crippen LogP contribution in [-0.4, -0.2) is 96.7 Å². The van der Waals surface area contributed by atoms with E-state index in [9.17, 15) is 43.2 Å². The first-order chi connectivity index (χ1) is 51.1. The lowest BCUT2D eigenvalue weighted by Crippen LogP contribution is -2.30. The molecule has 0 aliphatic rings. The molecule has 0 amide bonds. The quantitative estimate of drug-likeness (QED) is 0.0222. The van der Waals surface area contributed by atoms with Crippen LogP contribution in [0.1, 0.15) is 453 Å². The molecule has 0 aromatic heterocycles. The van der Waals surface area contributed by atoms with Crippen LogP contribution in [0.5, 0.6) is 0 Å². The Morgan fingerprint density at radius 1 is 0.236 bits per heavy atom. The lowest BCUT2D eigenvalue weighted by atomic mass is 10.0. The SMILES string of the molecule is CC(C)CCCCCCCCCCCCCCCCCCCCC(=O)O[C@H](COC(=O)CCCCCCCCCCCCCCCCC(C)C)COP(=O)(O)OCC(O)COP(=O)(O)OC[C@@H](COC(=O)CCCCCCCCCC(C)C)OC(=O)CCCCCCCCCCCCCCCCCC(C)C. The zero-order valence-corrected chi connectivity index (χ0v) is 71.9. The fraction of sp³-hybridized carbons (Fsp3) is 0.954. The Balaban J connectivity index is 5.23. The van der Waals surface area contributed by atoms with Crippen molar-refractivity contribution in [2.24, 2.45) is 23.7 Å². The number of aliphatic hydroxyl groups excluding tert-OH is 1. The summed E-state index contributed by atoms with van der Waals surface area (Å²) in [4.78, 5) is 73.2. The monoisotopic (exact) mass is 1550 g/mol. The number of unbranched alkanes of at least 4 members (excludes halogenated alkanes) is 50. The van der Waals surface area contributed by atoms with Gasteiger partial charge in [0.25, 0.3) is 0 Å². The molecule has 0 aromatic carbocycles. The summed E-state index contributed by atoms with van der Waals surface area (Å²) in [5.74, 6) is 1.02. The van der Waals surface area contributed by atoms with Gasteiger partial charge < -0.3 is 33.8 Å². The minimum Gasteiger partial charge on any atom is -0.462 e. The summed E-state index contributed by atoms with van der Waals surface area (Å²) in [5, 5.41) is 10.7. The predicted octanol–water partition coefficient (Wildman–Crippen LogP) is 26.3. The van der Waals surface area contributed by atoms with Crippen molar-refractivity contribution in [1.82, 2.24) is 0 Å². The maximum Gasteiger partial charge on any atom is 0.472 e. The second-order valence-corrected chi connectivity index (χ2v) is 36.1. The van der Waals surface area contributed by atoms with Gasteiger partial charge in [-0.05, 0) is 49.4 Å². The minimum atomic E-state index is -4.97. The molecule has 0 aliphatic carbocycles. The number of rotatable bonds is 84. The topological polar surface area (TPSA) is 237 Å². The first-order valence-electron chi connectivity index (χ1n) is 44.7. The van der Waals surface area contributed by atoms with Crippen molar-refractivity contribution < 1.29 is 80.2 Å². The van der Waals surface area contributed by atoms with Gasteiger partial charge in [-0.15, -0.1) is 0 Å². The van der Waals surface area contributed by atoms with Crippen LogP contribution in [-0.2, 0) is 65.4 Å². The third kappa shape index (κ3) is 80.1. The van der Waals surface area contributed by atoms with Crippen LogP contribution < -0.4 is 0 Å². The first kappa shape index (κ1) is 104. The number of carbonyl (C=O) groups is 4. The molecule has 0 heterocycles. The van der Waals surface area contributed by atoms with E-state index in [1.165, 1.54) is 250 Å². The summed E-state index contributed by atoms with van der Waals surface area (Å²) in [6.45, 7) is 14.3. The summed E-state index contributed by atoms with van der Waals surface area (Å²) < 4.78 is 68.9. The second-order valence-electron chi connectivity index (χ2n) is 33.2. The van der Waals surface area contributed by atoms with Crippen LogP contribution in [0.25, 0.3) is 0 Å². The van der Waals surface area contributed by atoms with E-state index >= 15 is 0 Å². The molecule has 19 heteroatoms. The maximum atomic E-state index is 13.2. The number of hydrogen-bond acceptors (Lipinski definition) is 15. The van der Waals surface area contributed by atoms with E-state index in [1.807, 2.05) is 0 Å². The van der Waals surface area contributed by atoms with Gasteiger partial charge in [-0.2, -0.15) is 0 Å². The summed E-state index contributed by atoms with van der Waals surface area (Å²) >= 11 is 0. The molecule has 0 radical (unpaired) electrons. The number of aliphatic hydroxyl groups is 1. The summed E-state index contributed by atoms with van der Waals surface area (Å²) in [6.07, 6.45) is 65.4. The lowest BCUT2D eigenvalue weighted by molar-refractivity contribution is -0.161. The van der Waals surface area contributed by atoms with Crippen LogP contribution in [0.15, 0.2) is 0 Å². The van der Waals surface area contributed by atoms with E-state index in [0.717, 1.165) is 114 Å². The highest BCUT2D eigenvalue weighted by Crippen LogP contribution is 2.45. The van der Waals surface area contributed by atoms with E-state index in [1.54, 1.807) is 0 Å². The molecule has 106 heavy (non-hydrogen) atoms. The Bertz CT molecular complexity index is 2060. The number of carbonyl (C=O) groups excluding carboxylic acids is 4. The van der Waals surface area contributed by atoms with E-state index < -0.39 is 97.5 Å². The summed E-state index contributed by atoms with van der Waals surface area (Å²) in [7, 11) is -9.93. The van der Waals surface area contributed by atoms with Gasteiger partial charge in [0.15, 0.2) is 12.2 Å². The molecule has 0 saturated heterocycles. The highest BCUT2D eigenvalue weighted by Gasteiger charge is 2.31. The van der Waals surface area contributed by atoms with Crippen LogP contribution in [0.2, 0.25) is 0 Å². The first-order valence-corrected chi connectivity index (χ1v) is 47.7. The van der Waals surface area contributed by atoms with Crippen LogP contribution in [0, 0.1) is 23.7 Å². The number of hydrogen-bond donors (Lipinski definition) is 3. The molecular weight excluding hydrogens is 1380 g/mol. The van der Waals surface area contributed by atoms with Crippen LogP contribution in [0.3, 0.4) is 0 Å². The smallest absolute Gasteiger partial charge is 0.462 e. The second kappa shape index (κ2) is 75.7. The molecule has 0 spiro atoms. The highest BCUT2D eigenvalue weighted by atomic mass is 31.2. The molecule has 630 valence electrons. The van der Waals surface area contributed by atoms with Gasteiger partial charge in [0.2, 0.25) is 0 Å². The average molecular weight is 1550 g/mol. The average Bonchev–Trinajstić information content (AvgIpc) is 0.898. The Labute approximate surface area is 651 Å². The molecule has 0 aliphatic heterocycles. The molecular formula is C87H170O17P2. The van der Waals surface area contributed by atoms with Crippen LogP contribution in [0.4, 0.5) is 0 Å². The van der Waals surface area contributed by atoms with Gasteiger partial charge in [0.1, 0.15) is 19.3 Å². The van der Waals surface area contributed by atoms with Crippen molar-refractivity contribution >= 4 is 39.5 Å². The number of phosphoric acid groups is 2. The van der Waals surface area contributed by atoms with Gasteiger partial charge in [0.05, 0.1) is 26.4 Å². The van der Waals surface area contributed by atoms with E-state index in [0.29, 0.717) is 31.6 Å². The molecule has 17 nitrogen and oxygen atoms in total.